The van der Waals surface area contributed by atoms with Crippen molar-refractivity contribution in [3.8, 4) is 5.95 Å². The Morgan fingerprint density at radius 3 is 2.95 bits per heavy atom. The zero-order valence-electron chi connectivity index (χ0n) is 10.9. The minimum atomic E-state index is 0.0659. The van der Waals surface area contributed by atoms with E-state index in [0.29, 0.717) is 25.0 Å². The maximum atomic E-state index is 5.66. The molecule has 2 rings (SSSR count). The van der Waals surface area contributed by atoms with Crippen LogP contribution in [0.2, 0.25) is 0 Å². The Labute approximate surface area is 111 Å². The molecule has 0 bridgehead atoms. The van der Waals surface area contributed by atoms with E-state index >= 15 is 0 Å². The molecule has 19 heavy (non-hydrogen) atoms. The normalized spacial score (nSPS) is 12.3. The lowest BCUT2D eigenvalue weighted by molar-refractivity contribution is 0.0854. The second kappa shape index (κ2) is 6.10. The van der Waals surface area contributed by atoms with E-state index in [4.69, 9.17) is 10.5 Å². The van der Waals surface area contributed by atoms with Crippen molar-refractivity contribution in [2.45, 2.75) is 20.0 Å². The molecule has 0 spiro atoms. The number of hydrogen-bond donors (Lipinski definition) is 2. The van der Waals surface area contributed by atoms with Crippen LogP contribution in [-0.4, -0.2) is 44.0 Å². The third-order valence-corrected chi connectivity index (χ3v) is 2.35. The highest BCUT2D eigenvalue weighted by atomic mass is 16.5. The van der Waals surface area contributed by atoms with E-state index in [1.807, 2.05) is 13.8 Å². The summed E-state index contributed by atoms with van der Waals surface area (Å²) in [5.74, 6) is 0.931. The molecule has 2 aromatic rings. The van der Waals surface area contributed by atoms with Gasteiger partial charge >= 0.3 is 0 Å². The van der Waals surface area contributed by atoms with E-state index in [2.05, 4.69) is 25.4 Å². The van der Waals surface area contributed by atoms with Gasteiger partial charge in [0.1, 0.15) is 0 Å². The number of anilines is 2. The molecular formula is C11H17N7O. The van der Waals surface area contributed by atoms with Crippen molar-refractivity contribution in [3.05, 3.63) is 18.5 Å². The summed E-state index contributed by atoms with van der Waals surface area (Å²) in [4.78, 5) is 12.3. The standard InChI is InChI=1S/C11H17N7O/c1-3-19-8(2)7-13-10-15-9(12)16-11(17-10)18-6-4-5-14-18/h4-6,8H,3,7H2,1-2H3,(H3,12,13,15,16,17). The van der Waals surface area contributed by atoms with Gasteiger partial charge in [0, 0.05) is 25.5 Å². The molecule has 2 heterocycles. The van der Waals surface area contributed by atoms with Crippen molar-refractivity contribution >= 4 is 11.9 Å². The third kappa shape index (κ3) is 3.62. The zero-order chi connectivity index (χ0) is 13.7. The van der Waals surface area contributed by atoms with Crippen LogP contribution in [0.25, 0.3) is 5.95 Å². The fourth-order valence-corrected chi connectivity index (χ4v) is 1.53. The van der Waals surface area contributed by atoms with Crippen molar-refractivity contribution in [1.29, 1.82) is 0 Å². The van der Waals surface area contributed by atoms with Crippen LogP contribution in [0.15, 0.2) is 18.5 Å². The first kappa shape index (κ1) is 13.2. The lowest BCUT2D eigenvalue weighted by atomic mass is 10.4. The first-order chi connectivity index (χ1) is 9.19. The van der Waals surface area contributed by atoms with Crippen LogP contribution in [0.4, 0.5) is 11.9 Å². The summed E-state index contributed by atoms with van der Waals surface area (Å²) in [6, 6.07) is 1.78. The van der Waals surface area contributed by atoms with E-state index in [9.17, 15) is 0 Å². The molecule has 1 atom stereocenters. The van der Waals surface area contributed by atoms with Gasteiger partial charge in [-0.05, 0) is 19.9 Å². The molecule has 0 aromatic carbocycles. The van der Waals surface area contributed by atoms with E-state index in [1.54, 1.807) is 18.5 Å². The predicted molar refractivity (Wildman–Crippen MR) is 70.9 cm³/mol. The molecule has 0 fully saturated rings. The molecule has 0 aliphatic heterocycles. The average molecular weight is 263 g/mol. The van der Waals surface area contributed by atoms with Crippen molar-refractivity contribution in [2.75, 3.05) is 24.2 Å². The molecule has 0 saturated carbocycles. The number of aromatic nitrogens is 5. The molecule has 2 aromatic heterocycles. The van der Waals surface area contributed by atoms with Gasteiger partial charge in [0.05, 0.1) is 6.10 Å². The molecule has 0 aliphatic carbocycles. The van der Waals surface area contributed by atoms with Crippen LogP contribution in [0.1, 0.15) is 13.8 Å². The molecule has 3 N–H and O–H groups in total. The molecule has 0 radical (unpaired) electrons. The summed E-state index contributed by atoms with van der Waals surface area (Å²) in [7, 11) is 0. The van der Waals surface area contributed by atoms with Crippen molar-refractivity contribution in [1.82, 2.24) is 24.7 Å². The zero-order valence-corrected chi connectivity index (χ0v) is 10.9. The number of ether oxygens (including phenoxy) is 1. The maximum absolute atomic E-state index is 5.66. The highest BCUT2D eigenvalue weighted by Gasteiger charge is 2.07. The molecule has 8 nitrogen and oxygen atoms in total. The van der Waals surface area contributed by atoms with Gasteiger partial charge in [-0.2, -0.15) is 20.1 Å². The quantitative estimate of drug-likeness (QED) is 0.780. The maximum Gasteiger partial charge on any atom is 0.257 e. The predicted octanol–water partition coefficient (Wildman–Crippen LogP) is 0.476. The van der Waals surface area contributed by atoms with Crippen LogP contribution in [0.5, 0.6) is 0 Å². The first-order valence-corrected chi connectivity index (χ1v) is 6.06. The Bertz CT molecular complexity index is 514. The lowest BCUT2D eigenvalue weighted by Gasteiger charge is -2.12. The summed E-state index contributed by atoms with van der Waals surface area (Å²) in [5.41, 5.74) is 5.66. The highest BCUT2D eigenvalue weighted by Crippen LogP contribution is 2.06. The number of nitrogens with one attached hydrogen (secondary N) is 1. The Morgan fingerprint density at radius 1 is 1.42 bits per heavy atom. The van der Waals surface area contributed by atoms with Gasteiger partial charge < -0.3 is 15.8 Å². The van der Waals surface area contributed by atoms with E-state index in [1.165, 1.54) is 4.68 Å². The van der Waals surface area contributed by atoms with Crippen molar-refractivity contribution < 1.29 is 4.74 Å². The SMILES string of the molecule is CCOC(C)CNc1nc(N)nc(-n2cccn2)n1. The molecular weight excluding hydrogens is 246 g/mol. The largest absolute Gasteiger partial charge is 0.377 e. The van der Waals surface area contributed by atoms with E-state index in [-0.39, 0.29) is 12.1 Å². The molecule has 0 amide bonds. The fourth-order valence-electron chi connectivity index (χ4n) is 1.53. The minimum Gasteiger partial charge on any atom is -0.377 e. The number of nitrogens with two attached hydrogens (primary N) is 1. The third-order valence-electron chi connectivity index (χ3n) is 2.35. The Kier molecular flexibility index (Phi) is 4.24. The summed E-state index contributed by atoms with van der Waals surface area (Å²) in [5, 5.41) is 7.11. The van der Waals surface area contributed by atoms with Gasteiger partial charge in [-0.15, -0.1) is 0 Å². The van der Waals surface area contributed by atoms with Gasteiger partial charge in [-0.25, -0.2) is 4.68 Å². The Morgan fingerprint density at radius 2 is 2.26 bits per heavy atom. The first-order valence-electron chi connectivity index (χ1n) is 6.06. The number of hydrogen-bond acceptors (Lipinski definition) is 7. The highest BCUT2D eigenvalue weighted by molar-refractivity contribution is 5.34. The monoisotopic (exact) mass is 263 g/mol. The van der Waals surface area contributed by atoms with E-state index in [0.717, 1.165) is 0 Å². The van der Waals surface area contributed by atoms with Gasteiger partial charge in [-0.3, -0.25) is 0 Å². The average Bonchev–Trinajstić information content (AvgIpc) is 2.90. The second-order valence-corrected chi connectivity index (χ2v) is 3.91. The minimum absolute atomic E-state index is 0.0659. The van der Waals surface area contributed by atoms with Gasteiger partial charge in [0.15, 0.2) is 0 Å². The second-order valence-electron chi connectivity index (χ2n) is 3.91. The van der Waals surface area contributed by atoms with Crippen LogP contribution >= 0.6 is 0 Å². The van der Waals surface area contributed by atoms with Gasteiger partial charge in [-0.1, -0.05) is 0 Å². The number of rotatable bonds is 6. The number of nitrogens with zero attached hydrogens (tertiary/aromatic N) is 5. The van der Waals surface area contributed by atoms with Crippen LogP contribution in [0.3, 0.4) is 0 Å². The lowest BCUT2D eigenvalue weighted by Crippen LogP contribution is -2.21. The van der Waals surface area contributed by atoms with Crippen molar-refractivity contribution in [2.24, 2.45) is 0 Å². The van der Waals surface area contributed by atoms with Crippen LogP contribution in [0, 0.1) is 0 Å². The molecule has 8 heteroatoms. The number of nitrogen functional groups attached to an aromatic ring is 1. The van der Waals surface area contributed by atoms with E-state index < -0.39 is 0 Å². The molecule has 102 valence electrons. The Balaban J connectivity index is 2.09. The molecule has 0 aliphatic rings. The van der Waals surface area contributed by atoms with Gasteiger partial charge in [0.2, 0.25) is 11.9 Å². The topological polar surface area (TPSA) is 104 Å². The van der Waals surface area contributed by atoms with Crippen LogP contribution in [-0.2, 0) is 4.74 Å². The smallest absolute Gasteiger partial charge is 0.257 e. The molecule has 1 unspecified atom stereocenters. The summed E-state index contributed by atoms with van der Waals surface area (Å²) < 4.78 is 6.94. The fraction of sp³-hybridized carbons (Fsp3) is 0.455. The summed E-state index contributed by atoms with van der Waals surface area (Å²) >= 11 is 0. The summed E-state index contributed by atoms with van der Waals surface area (Å²) in [6.45, 7) is 5.18. The van der Waals surface area contributed by atoms with Gasteiger partial charge in [0.25, 0.3) is 5.95 Å². The summed E-state index contributed by atoms with van der Waals surface area (Å²) in [6.07, 6.45) is 3.45. The van der Waals surface area contributed by atoms with Crippen LogP contribution < -0.4 is 11.1 Å². The Hall–Kier alpha value is -2.22. The molecule has 0 saturated heterocycles. The van der Waals surface area contributed by atoms with Crippen molar-refractivity contribution in [3.63, 3.8) is 0 Å².